The number of hydrogen-bond donors (Lipinski definition) is 1. The number of hydrogen-bond acceptors (Lipinski definition) is 3. The van der Waals surface area contributed by atoms with Crippen LogP contribution in [0.2, 0.25) is 0 Å². The summed E-state index contributed by atoms with van der Waals surface area (Å²) in [6, 6.07) is 11.4. The van der Waals surface area contributed by atoms with Crippen LogP contribution in [0.1, 0.15) is 28.2 Å². The van der Waals surface area contributed by atoms with Crippen LogP contribution in [0.25, 0.3) is 0 Å². The zero-order valence-electron chi connectivity index (χ0n) is 13.9. The Balaban J connectivity index is 2.37. The standard InChI is InChI=1S/C19H22O4/c1-12-5-6-13(2)15(9-12)16(19(20)21)10-14-7-8-17(22-3)18(11-14)23-4/h5-9,11,16H,10H2,1-4H3,(H,20,21). The van der Waals surface area contributed by atoms with Crippen molar-refractivity contribution in [2.45, 2.75) is 26.2 Å². The number of carbonyl (C=O) groups is 1. The molecule has 4 heteroatoms. The van der Waals surface area contributed by atoms with E-state index in [1.54, 1.807) is 20.3 Å². The third-order valence-corrected chi connectivity index (χ3v) is 4.00. The number of ether oxygens (including phenoxy) is 2. The van der Waals surface area contributed by atoms with Crippen LogP contribution in [0.3, 0.4) is 0 Å². The molecule has 1 N–H and O–H groups in total. The van der Waals surface area contributed by atoms with Gasteiger partial charge in [-0.1, -0.05) is 29.8 Å². The summed E-state index contributed by atoms with van der Waals surface area (Å²) in [5.41, 5.74) is 3.80. The molecule has 2 aromatic carbocycles. The van der Waals surface area contributed by atoms with Crippen molar-refractivity contribution in [1.29, 1.82) is 0 Å². The van der Waals surface area contributed by atoms with Gasteiger partial charge in [0.25, 0.3) is 0 Å². The van der Waals surface area contributed by atoms with Crippen LogP contribution in [0.4, 0.5) is 0 Å². The van der Waals surface area contributed by atoms with Gasteiger partial charge in [-0.3, -0.25) is 4.79 Å². The number of aryl methyl sites for hydroxylation is 2. The van der Waals surface area contributed by atoms with Gasteiger partial charge in [-0.25, -0.2) is 0 Å². The molecule has 2 aromatic rings. The second-order valence-corrected chi connectivity index (χ2v) is 5.64. The quantitative estimate of drug-likeness (QED) is 0.882. The fraction of sp³-hybridized carbons (Fsp3) is 0.316. The van der Waals surface area contributed by atoms with Gasteiger partial charge >= 0.3 is 5.97 Å². The van der Waals surface area contributed by atoms with Crippen molar-refractivity contribution in [1.82, 2.24) is 0 Å². The number of carboxylic acid groups (broad SMARTS) is 1. The van der Waals surface area contributed by atoms with Gasteiger partial charge in [0.1, 0.15) is 0 Å². The minimum absolute atomic E-state index is 0.403. The Bertz CT molecular complexity index is 707. The van der Waals surface area contributed by atoms with Crippen LogP contribution in [0, 0.1) is 13.8 Å². The van der Waals surface area contributed by atoms with E-state index in [0.29, 0.717) is 17.9 Å². The Morgan fingerprint density at radius 1 is 1.04 bits per heavy atom. The molecule has 0 aliphatic heterocycles. The maximum absolute atomic E-state index is 11.8. The molecule has 1 unspecified atom stereocenters. The van der Waals surface area contributed by atoms with E-state index in [4.69, 9.17) is 9.47 Å². The van der Waals surface area contributed by atoms with Crippen molar-refractivity contribution in [2.75, 3.05) is 14.2 Å². The first-order chi connectivity index (χ1) is 11.0. The summed E-state index contributed by atoms with van der Waals surface area (Å²) < 4.78 is 10.5. The van der Waals surface area contributed by atoms with E-state index in [0.717, 1.165) is 22.3 Å². The number of methoxy groups -OCH3 is 2. The molecule has 0 spiro atoms. The Morgan fingerprint density at radius 2 is 1.74 bits per heavy atom. The van der Waals surface area contributed by atoms with Gasteiger partial charge in [0.2, 0.25) is 0 Å². The van der Waals surface area contributed by atoms with Crippen molar-refractivity contribution in [3.05, 3.63) is 58.7 Å². The molecule has 0 fully saturated rings. The first-order valence-corrected chi connectivity index (χ1v) is 7.47. The molecular formula is C19H22O4. The summed E-state index contributed by atoms with van der Waals surface area (Å²) in [7, 11) is 3.15. The molecule has 1 atom stereocenters. The highest BCUT2D eigenvalue weighted by atomic mass is 16.5. The molecule has 0 saturated carbocycles. The Labute approximate surface area is 136 Å². The zero-order valence-corrected chi connectivity index (χ0v) is 13.9. The molecule has 0 bridgehead atoms. The first-order valence-electron chi connectivity index (χ1n) is 7.47. The molecule has 23 heavy (non-hydrogen) atoms. The van der Waals surface area contributed by atoms with E-state index in [-0.39, 0.29) is 0 Å². The zero-order chi connectivity index (χ0) is 17.0. The van der Waals surface area contributed by atoms with E-state index in [1.807, 2.05) is 44.2 Å². The molecular weight excluding hydrogens is 292 g/mol. The Kier molecular flexibility index (Phi) is 5.27. The molecule has 0 amide bonds. The topological polar surface area (TPSA) is 55.8 Å². The van der Waals surface area contributed by atoms with E-state index in [2.05, 4.69) is 0 Å². The lowest BCUT2D eigenvalue weighted by atomic mass is 9.88. The van der Waals surface area contributed by atoms with Crippen LogP contribution in [0.15, 0.2) is 36.4 Å². The highest BCUT2D eigenvalue weighted by molar-refractivity contribution is 5.77. The lowest BCUT2D eigenvalue weighted by Gasteiger charge is -2.17. The lowest BCUT2D eigenvalue weighted by Crippen LogP contribution is -2.16. The third-order valence-electron chi connectivity index (χ3n) is 4.00. The van der Waals surface area contributed by atoms with Gasteiger partial charge < -0.3 is 14.6 Å². The van der Waals surface area contributed by atoms with Crippen LogP contribution >= 0.6 is 0 Å². The third kappa shape index (κ3) is 3.83. The molecule has 0 saturated heterocycles. The molecule has 2 rings (SSSR count). The monoisotopic (exact) mass is 314 g/mol. The average Bonchev–Trinajstić information content (AvgIpc) is 2.54. The van der Waals surface area contributed by atoms with E-state index >= 15 is 0 Å². The van der Waals surface area contributed by atoms with Gasteiger partial charge in [-0.15, -0.1) is 0 Å². The summed E-state index contributed by atoms with van der Waals surface area (Å²) in [6.07, 6.45) is 0.403. The van der Waals surface area contributed by atoms with Crippen LogP contribution in [-0.4, -0.2) is 25.3 Å². The lowest BCUT2D eigenvalue weighted by molar-refractivity contribution is -0.138. The summed E-state index contributed by atoms with van der Waals surface area (Å²) in [5, 5.41) is 9.67. The van der Waals surface area contributed by atoms with Crippen molar-refractivity contribution in [3.8, 4) is 11.5 Å². The van der Waals surface area contributed by atoms with Crippen LogP contribution in [0.5, 0.6) is 11.5 Å². The molecule has 0 aliphatic carbocycles. The predicted molar refractivity (Wildman–Crippen MR) is 89.5 cm³/mol. The SMILES string of the molecule is COc1ccc(CC(C(=O)O)c2cc(C)ccc2C)cc1OC. The van der Waals surface area contributed by atoms with Crippen molar-refractivity contribution in [2.24, 2.45) is 0 Å². The maximum Gasteiger partial charge on any atom is 0.311 e. The maximum atomic E-state index is 11.8. The van der Waals surface area contributed by atoms with E-state index in [9.17, 15) is 9.90 Å². The van der Waals surface area contributed by atoms with Gasteiger partial charge in [0.05, 0.1) is 20.1 Å². The normalized spacial score (nSPS) is 11.8. The smallest absolute Gasteiger partial charge is 0.311 e. The minimum atomic E-state index is -0.825. The largest absolute Gasteiger partial charge is 0.493 e. The summed E-state index contributed by atoms with van der Waals surface area (Å²) in [6.45, 7) is 3.91. The van der Waals surface area contributed by atoms with Gasteiger partial charge in [0, 0.05) is 0 Å². The second kappa shape index (κ2) is 7.18. The first kappa shape index (κ1) is 16.9. The van der Waals surface area contributed by atoms with Crippen LogP contribution < -0.4 is 9.47 Å². The average molecular weight is 314 g/mol. The fourth-order valence-electron chi connectivity index (χ4n) is 2.71. The number of benzene rings is 2. The van der Waals surface area contributed by atoms with Crippen molar-refractivity contribution < 1.29 is 19.4 Å². The molecule has 0 aliphatic rings. The molecule has 0 heterocycles. The van der Waals surface area contributed by atoms with E-state index < -0.39 is 11.9 Å². The predicted octanol–water partition coefficient (Wildman–Crippen LogP) is 3.73. The van der Waals surface area contributed by atoms with Crippen molar-refractivity contribution in [3.63, 3.8) is 0 Å². The number of carboxylic acids is 1. The van der Waals surface area contributed by atoms with E-state index in [1.165, 1.54) is 0 Å². The summed E-state index contributed by atoms with van der Waals surface area (Å²) in [4.78, 5) is 11.8. The van der Waals surface area contributed by atoms with Crippen molar-refractivity contribution >= 4 is 5.97 Å². The van der Waals surface area contributed by atoms with Gasteiger partial charge in [0.15, 0.2) is 11.5 Å². The second-order valence-electron chi connectivity index (χ2n) is 5.64. The van der Waals surface area contributed by atoms with Gasteiger partial charge in [-0.05, 0) is 49.1 Å². The summed E-state index contributed by atoms with van der Waals surface area (Å²) in [5.74, 6) is -0.175. The fourth-order valence-corrected chi connectivity index (χ4v) is 2.71. The number of aliphatic carboxylic acids is 1. The Hall–Kier alpha value is -2.49. The van der Waals surface area contributed by atoms with Gasteiger partial charge in [-0.2, -0.15) is 0 Å². The Morgan fingerprint density at radius 3 is 2.35 bits per heavy atom. The molecule has 4 nitrogen and oxygen atoms in total. The highest BCUT2D eigenvalue weighted by Crippen LogP contribution is 2.31. The minimum Gasteiger partial charge on any atom is -0.493 e. The highest BCUT2D eigenvalue weighted by Gasteiger charge is 2.23. The molecule has 0 radical (unpaired) electrons. The molecule has 0 aromatic heterocycles. The number of rotatable bonds is 6. The van der Waals surface area contributed by atoms with Crippen LogP contribution in [-0.2, 0) is 11.2 Å². The molecule has 122 valence electrons. The summed E-state index contributed by atoms with van der Waals surface area (Å²) >= 11 is 0.